The van der Waals surface area contributed by atoms with Crippen LogP contribution in [-0.4, -0.2) is 69.1 Å². The van der Waals surface area contributed by atoms with Gasteiger partial charge in [-0.3, -0.25) is 14.6 Å². The molecule has 0 atom stereocenters. The number of nitrogens with zero attached hydrogens (tertiary/aromatic N) is 6. The second kappa shape index (κ2) is 7.81. The first-order valence-corrected chi connectivity index (χ1v) is 11.6. The minimum atomic E-state index is 0.139. The van der Waals surface area contributed by atoms with Crippen LogP contribution in [0, 0.1) is 5.41 Å². The number of hydrogen-bond donors (Lipinski definition) is 2. The van der Waals surface area contributed by atoms with Crippen LogP contribution in [0.1, 0.15) is 42.9 Å². The Morgan fingerprint density at radius 3 is 2.70 bits per heavy atom. The number of nitrogens with two attached hydrogens (primary N) is 2. The Hall–Kier alpha value is -2.98. The maximum atomic E-state index is 6.06. The van der Waals surface area contributed by atoms with Crippen molar-refractivity contribution in [3.05, 3.63) is 29.7 Å². The van der Waals surface area contributed by atoms with Crippen molar-refractivity contribution < 1.29 is 9.47 Å². The number of rotatable bonds is 5. The number of nitrogen functional groups attached to an aromatic ring is 2. The van der Waals surface area contributed by atoms with E-state index in [0.29, 0.717) is 34.7 Å². The second-order valence-electron chi connectivity index (χ2n) is 9.77. The third-order valence-corrected chi connectivity index (χ3v) is 7.62. The van der Waals surface area contributed by atoms with Crippen LogP contribution in [0.5, 0.6) is 5.75 Å². The summed E-state index contributed by atoms with van der Waals surface area (Å²) in [7, 11) is 1.68. The van der Waals surface area contributed by atoms with Crippen LogP contribution in [0.4, 0.5) is 11.8 Å². The van der Waals surface area contributed by atoms with E-state index in [1.54, 1.807) is 18.0 Å². The number of fused-ring (bicyclic) bond motifs is 1. The van der Waals surface area contributed by atoms with Crippen molar-refractivity contribution in [3.8, 4) is 5.75 Å². The molecule has 1 saturated carbocycles. The van der Waals surface area contributed by atoms with E-state index in [2.05, 4.69) is 26.0 Å². The molecule has 4 N–H and O–H groups in total. The lowest BCUT2D eigenvalue weighted by Gasteiger charge is -2.61. The summed E-state index contributed by atoms with van der Waals surface area (Å²) in [6, 6.07) is 2.86. The van der Waals surface area contributed by atoms with E-state index in [1.807, 2.05) is 6.20 Å². The third-order valence-electron chi connectivity index (χ3n) is 7.62. The smallest absolute Gasteiger partial charge is 0.222 e. The maximum absolute atomic E-state index is 6.06. The summed E-state index contributed by atoms with van der Waals surface area (Å²) in [6.07, 6.45) is 8.46. The number of ether oxygens (including phenoxy) is 2. The maximum Gasteiger partial charge on any atom is 0.222 e. The largest absolute Gasteiger partial charge is 0.495 e. The SMILES string of the molecule is COc1cc(C2CC3(C2)CN(C2CCOCC2)C3)cnc1Cn1ncc2nc(N)nc(N)c21. The van der Waals surface area contributed by atoms with E-state index in [0.717, 1.165) is 30.7 Å². The Labute approximate surface area is 192 Å². The molecule has 0 amide bonds. The summed E-state index contributed by atoms with van der Waals surface area (Å²) in [4.78, 5) is 15.7. The Kier molecular flexibility index (Phi) is 4.88. The number of likely N-dealkylation sites (tertiary alicyclic amines) is 1. The molecule has 0 radical (unpaired) electrons. The summed E-state index contributed by atoms with van der Waals surface area (Å²) >= 11 is 0. The average Bonchev–Trinajstić information content (AvgIpc) is 3.16. The standard InChI is InChI=1S/C23H30N8O2/c1-32-19-6-14(15-7-23(8-15)12-30(13-23)16-2-4-33-5-3-16)9-26-18(19)11-31-20-17(10-27-31)28-22(25)29-21(20)24/h6,9-10,15-16H,2-5,7-8,11-13H2,1H3,(H4,24,25,28,29). The van der Waals surface area contributed by atoms with E-state index in [-0.39, 0.29) is 5.95 Å². The van der Waals surface area contributed by atoms with Crippen molar-refractivity contribution >= 4 is 22.8 Å². The summed E-state index contributed by atoms with van der Waals surface area (Å²) in [5.74, 6) is 1.76. The van der Waals surface area contributed by atoms with Crippen LogP contribution < -0.4 is 16.2 Å². The highest BCUT2D eigenvalue weighted by atomic mass is 16.5. The van der Waals surface area contributed by atoms with Gasteiger partial charge in [0.05, 0.1) is 19.9 Å². The molecule has 0 aromatic carbocycles. The fraction of sp³-hybridized carbons (Fsp3) is 0.565. The first-order valence-electron chi connectivity index (χ1n) is 11.6. The van der Waals surface area contributed by atoms with Gasteiger partial charge in [0.15, 0.2) is 5.82 Å². The van der Waals surface area contributed by atoms with E-state index in [9.17, 15) is 0 Å². The first kappa shape index (κ1) is 20.6. The minimum absolute atomic E-state index is 0.139. The van der Waals surface area contributed by atoms with Crippen LogP contribution in [0.3, 0.4) is 0 Å². The Morgan fingerprint density at radius 2 is 1.94 bits per heavy atom. The van der Waals surface area contributed by atoms with Crippen LogP contribution in [0.2, 0.25) is 0 Å². The molecule has 3 fully saturated rings. The molecule has 0 unspecified atom stereocenters. The molecule has 10 nitrogen and oxygen atoms in total. The first-order chi connectivity index (χ1) is 16.0. The van der Waals surface area contributed by atoms with E-state index >= 15 is 0 Å². The molecule has 2 aliphatic heterocycles. The van der Waals surface area contributed by atoms with Gasteiger partial charge in [-0.25, -0.2) is 4.98 Å². The van der Waals surface area contributed by atoms with Gasteiger partial charge < -0.3 is 20.9 Å². The number of methoxy groups -OCH3 is 1. The van der Waals surface area contributed by atoms with Gasteiger partial charge >= 0.3 is 0 Å². The van der Waals surface area contributed by atoms with Crippen LogP contribution in [-0.2, 0) is 11.3 Å². The molecule has 2 saturated heterocycles. The second-order valence-corrected chi connectivity index (χ2v) is 9.77. The molecule has 174 valence electrons. The van der Waals surface area contributed by atoms with E-state index < -0.39 is 0 Å². The van der Waals surface area contributed by atoms with Crippen molar-refractivity contribution in [2.24, 2.45) is 5.41 Å². The lowest BCUT2D eigenvalue weighted by atomic mass is 9.56. The zero-order chi connectivity index (χ0) is 22.6. The van der Waals surface area contributed by atoms with E-state index in [1.165, 1.54) is 44.3 Å². The number of hydrogen-bond acceptors (Lipinski definition) is 9. The molecule has 10 heteroatoms. The van der Waals surface area contributed by atoms with Crippen molar-refractivity contribution in [2.45, 2.75) is 44.2 Å². The predicted octanol–water partition coefficient (Wildman–Crippen LogP) is 1.80. The molecule has 1 aliphatic carbocycles. The van der Waals surface area contributed by atoms with Gasteiger partial charge in [0.1, 0.15) is 22.5 Å². The van der Waals surface area contributed by atoms with Gasteiger partial charge in [-0.05, 0) is 48.6 Å². The molecule has 1 spiro atoms. The number of anilines is 2. The summed E-state index contributed by atoms with van der Waals surface area (Å²) in [5, 5.41) is 4.41. The monoisotopic (exact) mass is 450 g/mol. The van der Waals surface area contributed by atoms with Crippen molar-refractivity contribution in [1.82, 2.24) is 29.6 Å². The molecular formula is C23H30N8O2. The molecule has 3 aromatic heterocycles. The molecule has 0 bridgehead atoms. The van der Waals surface area contributed by atoms with Crippen LogP contribution in [0.15, 0.2) is 18.5 Å². The van der Waals surface area contributed by atoms with Gasteiger partial charge in [0, 0.05) is 38.5 Å². The normalized spacial score (nSPS) is 21.2. The molecule has 5 heterocycles. The molecular weight excluding hydrogens is 420 g/mol. The van der Waals surface area contributed by atoms with Gasteiger partial charge in [-0.2, -0.15) is 10.1 Å². The highest BCUT2D eigenvalue weighted by Gasteiger charge is 2.53. The quantitative estimate of drug-likeness (QED) is 0.597. The average molecular weight is 451 g/mol. The van der Waals surface area contributed by atoms with Crippen molar-refractivity contribution in [1.29, 1.82) is 0 Å². The van der Waals surface area contributed by atoms with Crippen molar-refractivity contribution in [3.63, 3.8) is 0 Å². The molecule has 33 heavy (non-hydrogen) atoms. The zero-order valence-electron chi connectivity index (χ0n) is 18.9. The van der Waals surface area contributed by atoms with Gasteiger partial charge in [-0.1, -0.05) is 0 Å². The highest BCUT2D eigenvalue weighted by Crippen LogP contribution is 2.57. The van der Waals surface area contributed by atoms with Gasteiger partial charge in [0.25, 0.3) is 0 Å². The third kappa shape index (κ3) is 3.57. The Morgan fingerprint density at radius 1 is 1.15 bits per heavy atom. The Bertz CT molecular complexity index is 1170. The molecule has 3 aliphatic rings. The van der Waals surface area contributed by atoms with Crippen molar-refractivity contribution in [2.75, 3.05) is 44.9 Å². The molecule has 6 rings (SSSR count). The van der Waals surface area contributed by atoms with Gasteiger partial charge in [-0.15, -0.1) is 0 Å². The van der Waals surface area contributed by atoms with Crippen LogP contribution >= 0.6 is 0 Å². The molecule has 3 aromatic rings. The zero-order valence-corrected chi connectivity index (χ0v) is 18.9. The lowest BCUT2D eigenvalue weighted by Crippen LogP contribution is -2.64. The fourth-order valence-electron chi connectivity index (χ4n) is 5.92. The summed E-state index contributed by atoms with van der Waals surface area (Å²) in [6.45, 7) is 4.71. The highest BCUT2D eigenvalue weighted by molar-refractivity contribution is 5.85. The predicted molar refractivity (Wildman–Crippen MR) is 124 cm³/mol. The minimum Gasteiger partial charge on any atom is -0.495 e. The van der Waals surface area contributed by atoms with E-state index in [4.69, 9.17) is 25.9 Å². The number of aromatic nitrogens is 5. The summed E-state index contributed by atoms with van der Waals surface area (Å²) < 4.78 is 13.0. The Balaban J connectivity index is 1.14. The summed E-state index contributed by atoms with van der Waals surface area (Å²) in [5.41, 5.74) is 15.6. The number of pyridine rings is 1. The van der Waals surface area contributed by atoms with Gasteiger partial charge in [0.2, 0.25) is 5.95 Å². The topological polar surface area (TPSA) is 130 Å². The lowest BCUT2D eigenvalue weighted by molar-refractivity contribution is -0.112. The van der Waals surface area contributed by atoms with Crippen LogP contribution in [0.25, 0.3) is 11.0 Å². The fourth-order valence-corrected chi connectivity index (χ4v) is 5.92.